The van der Waals surface area contributed by atoms with E-state index in [1.165, 1.54) is 11.8 Å². The van der Waals surface area contributed by atoms with Crippen molar-refractivity contribution in [2.24, 2.45) is 4.99 Å². The predicted octanol–water partition coefficient (Wildman–Crippen LogP) is 2.29. The molecule has 1 aromatic heterocycles. The van der Waals surface area contributed by atoms with E-state index in [-0.39, 0.29) is 5.69 Å². The molecular weight excluding hydrogens is 264 g/mol. The van der Waals surface area contributed by atoms with Gasteiger partial charge in [0.2, 0.25) is 0 Å². The van der Waals surface area contributed by atoms with Crippen LogP contribution in [-0.2, 0) is 0 Å². The number of amidine groups is 1. The maximum Gasteiger partial charge on any atom is 0.352 e. The predicted molar refractivity (Wildman–Crippen MR) is 74.6 cm³/mol. The lowest BCUT2D eigenvalue weighted by atomic mass is 10.2. The van der Waals surface area contributed by atoms with Gasteiger partial charge >= 0.3 is 5.97 Å². The maximum atomic E-state index is 10.9. The van der Waals surface area contributed by atoms with Crippen LogP contribution in [0.4, 0.5) is 5.69 Å². The van der Waals surface area contributed by atoms with Crippen LogP contribution in [0.1, 0.15) is 10.5 Å². The molecule has 0 unspecified atom stereocenters. The number of carboxylic acid groups (broad SMARTS) is 1. The van der Waals surface area contributed by atoms with Crippen LogP contribution in [0.25, 0.3) is 10.9 Å². The summed E-state index contributed by atoms with van der Waals surface area (Å²) in [6, 6.07) is 6.81. The molecule has 2 rings (SSSR count). The van der Waals surface area contributed by atoms with Crippen molar-refractivity contribution in [2.75, 3.05) is 6.26 Å². The second kappa shape index (κ2) is 5.46. The number of aliphatic imine (C=N–C) groups is 1. The molecule has 2 aromatic rings. The summed E-state index contributed by atoms with van der Waals surface area (Å²) < 4.78 is 0. The fourth-order valence-electron chi connectivity index (χ4n) is 1.59. The van der Waals surface area contributed by atoms with Gasteiger partial charge in [-0.05, 0) is 30.5 Å². The van der Waals surface area contributed by atoms with Crippen LogP contribution in [0.2, 0.25) is 0 Å². The topological polar surface area (TPSA) is 101 Å². The fraction of sp³-hybridized carbons (Fsp3) is 0.0833. The highest BCUT2D eigenvalue weighted by Gasteiger charge is 2.07. The van der Waals surface area contributed by atoms with E-state index in [4.69, 9.17) is 10.4 Å². The summed E-state index contributed by atoms with van der Waals surface area (Å²) in [7, 11) is 0. The lowest BCUT2D eigenvalue weighted by molar-refractivity contribution is 0.0691. The van der Waals surface area contributed by atoms with E-state index >= 15 is 0 Å². The van der Waals surface area contributed by atoms with E-state index in [1.54, 1.807) is 30.5 Å². The van der Waals surface area contributed by atoms with Gasteiger partial charge < -0.3 is 10.1 Å². The molecule has 0 aliphatic rings. The number of nitrogens with zero attached hydrogens (tertiary/aromatic N) is 2. The number of aromatic amines is 1. The van der Waals surface area contributed by atoms with E-state index < -0.39 is 5.97 Å². The molecule has 0 amide bonds. The number of benzene rings is 1. The third-order valence-corrected chi connectivity index (χ3v) is 3.00. The maximum absolute atomic E-state index is 10.9. The molecule has 3 N–H and O–H groups in total. The van der Waals surface area contributed by atoms with Gasteiger partial charge in [-0.15, -0.1) is 0 Å². The Bertz CT molecular complexity index is 699. The zero-order valence-electron chi connectivity index (χ0n) is 9.97. The Labute approximate surface area is 113 Å². The molecule has 0 fully saturated rings. The third-order valence-electron chi connectivity index (χ3n) is 2.42. The number of carboxylic acids is 1. The lowest BCUT2D eigenvalue weighted by Gasteiger charge is -1.99. The van der Waals surface area contributed by atoms with Gasteiger partial charge in [0.25, 0.3) is 0 Å². The number of aromatic carboxylic acids is 1. The molecule has 0 radical (unpaired) electrons. The molecule has 1 heterocycles. The average molecular weight is 274 g/mol. The highest BCUT2D eigenvalue weighted by Crippen LogP contribution is 2.22. The molecule has 0 spiro atoms. The molecule has 1 aromatic carbocycles. The van der Waals surface area contributed by atoms with Gasteiger partial charge in [-0.2, -0.15) is 5.26 Å². The standard InChI is InChI=1S/C12H10N4O2S/c1-19-12(14-6-13)15-8-2-3-9-7(4-8)5-10(16-9)11(17)18/h2-5,16H,1H3,(H,14,15)(H,17,18). The normalized spacial score (nSPS) is 11.3. The Morgan fingerprint density at radius 1 is 1.53 bits per heavy atom. The van der Waals surface area contributed by atoms with Gasteiger partial charge in [0.15, 0.2) is 11.4 Å². The first-order valence-corrected chi connectivity index (χ1v) is 6.50. The van der Waals surface area contributed by atoms with Gasteiger partial charge in [-0.25, -0.2) is 9.79 Å². The highest BCUT2D eigenvalue weighted by molar-refractivity contribution is 8.13. The number of fused-ring (bicyclic) bond motifs is 1. The van der Waals surface area contributed by atoms with Crippen LogP contribution < -0.4 is 5.32 Å². The summed E-state index contributed by atoms with van der Waals surface area (Å²) >= 11 is 1.32. The van der Waals surface area contributed by atoms with E-state index in [0.717, 1.165) is 10.9 Å². The molecule has 0 bridgehead atoms. The fourth-order valence-corrected chi connectivity index (χ4v) is 1.94. The molecule has 6 nitrogen and oxygen atoms in total. The third kappa shape index (κ3) is 2.86. The van der Waals surface area contributed by atoms with Crippen molar-refractivity contribution in [1.82, 2.24) is 10.3 Å². The van der Waals surface area contributed by atoms with Crippen LogP contribution in [0.3, 0.4) is 0 Å². The van der Waals surface area contributed by atoms with Crippen molar-refractivity contribution < 1.29 is 9.90 Å². The van der Waals surface area contributed by atoms with Gasteiger partial charge in [0.1, 0.15) is 5.69 Å². The number of hydrogen-bond donors (Lipinski definition) is 3. The number of nitriles is 1. The summed E-state index contributed by atoms with van der Waals surface area (Å²) in [5.41, 5.74) is 1.52. The van der Waals surface area contributed by atoms with E-state index in [9.17, 15) is 4.79 Å². The van der Waals surface area contributed by atoms with Crippen LogP contribution >= 0.6 is 11.8 Å². The molecule has 0 saturated heterocycles. The number of aromatic nitrogens is 1. The van der Waals surface area contributed by atoms with Crippen molar-refractivity contribution in [2.45, 2.75) is 0 Å². The zero-order chi connectivity index (χ0) is 13.8. The smallest absolute Gasteiger partial charge is 0.352 e. The first-order valence-electron chi connectivity index (χ1n) is 5.28. The molecule has 0 saturated carbocycles. The van der Waals surface area contributed by atoms with Crippen molar-refractivity contribution >= 4 is 39.5 Å². The summed E-state index contributed by atoms with van der Waals surface area (Å²) in [5.74, 6) is -1.00. The second-order valence-electron chi connectivity index (χ2n) is 3.62. The number of nitrogens with one attached hydrogen (secondary N) is 2. The molecule has 0 aliphatic heterocycles. The molecule has 19 heavy (non-hydrogen) atoms. The monoisotopic (exact) mass is 274 g/mol. The van der Waals surface area contributed by atoms with Gasteiger partial charge in [-0.3, -0.25) is 5.32 Å². The van der Waals surface area contributed by atoms with Gasteiger partial charge in [0.05, 0.1) is 5.69 Å². The molecule has 0 atom stereocenters. The Morgan fingerprint density at radius 2 is 2.32 bits per heavy atom. The van der Waals surface area contributed by atoms with E-state index in [1.807, 2.05) is 6.19 Å². The summed E-state index contributed by atoms with van der Waals surface area (Å²) in [4.78, 5) is 17.9. The van der Waals surface area contributed by atoms with Crippen LogP contribution in [-0.4, -0.2) is 27.5 Å². The minimum atomic E-state index is -1.00. The summed E-state index contributed by atoms with van der Waals surface area (Å²) in [6.07, 6.45) is 3.62. The number of thioether (sulfide) groups is 1. The van der Waals surface area contributed by atoms with Crippen LogP contribution in [0.15, 0.2) is 29.3 Å². The van der Waals surface area contributed by atoms with Crippen molar-refractivity contribution in [1.29, 1.82) is 5.26 Å². The molecule has 96 valence electrons. The molecule has 7 heteroatoms. The van der Waals surface area contributed by atoms with Gasteiger partial charge in [0, 0.05) is 10.9 Å². The molecule has 0 aliphatic carbocycles. The first-order chi connectivity index (χ1) is 9.13. The number of rotatable bonds is 2. The van der Waals surface area contributed by atoms with Crippen molar-refractivity contribution in [3.8, 4) is 6.19 Å². The second-order valence-corrected chi connectivity index (χ2v) is 4.41. The number of hydrogen-bond acceptors (Lipinski definition) is 4. The van der Waals surface area contributed by atoms with Crippen molar-refractivity contribution in [3.05, 3.63) is 30.0 Å². The first kappa shape index (κ1) is 13.0. The Kier molecular flexibility index (Phi) is 3.73. The summed E-state index contributed by atoms with van der Waals surface area (Å²) in [6.45, 7) is 0. The Morgan fingerprint density at radius 3 is 2.95 bits per heavy atom. The number of carbonyl (C=O) groups is 1. The highest BCUT2D eigenvalue weighted by atomic mass is 32.2. The molecular formula is C12H10N4O2S. The largest absolute Gasteiger partial charge is 0.477 e. The van der Waals surface area contributed by atoms with E-state index in [0.29, 0.717) is 10.9 Å². The van der Waals surface area contributed by atoms with Gasteiger partial charge in [-0.1, -0.05) is 11.8 Å². The van der Waals surface area contributed by atoms with Crippen LogP contribution in [0, 0.1) is 11.5 Å². The van der Waals surface area contributed by atoms with Crippen LogP contribution in [0.5, 0.6) is 0 Å². The van der Waals surface area contributed by atoms with Crippen molar-refractivity contribution in [3.63, 3.8) is 0 Å². The minimum absolute atomic E-state index is 0.136. The Hall–Kier alpha value is -2.46. The quantitative estimate of drug-likeness (QED) is 0.337. The number of H-pyrrole nitrogens is 1. The summed E-state index contributed by atoms with van der Waals surface area (Å²) in [5, 5.41) is 21.2. The zero-order valence-corrected chi connectivity index (χ0v) is 10.8. The average Bonchev–Trinajstić information content (AvgIpc) is 2.81. The Balaban J connectivity index is 2.41. The SMILES string of the molecule is CSC(=Nc1ccc2[nH]c(C(=O)O)cc2c1)NC#N. The lowest BCUT2D eigenvalue weighted by Crippen LogP contribution is -2.12. The van der Waals surface area contributed by atoms with E-state index in [2.05, 4.69) is 15.3 Å². The minimum Gasteiger partial charge on any atom is -0.477 e.